The molecule has 0 saturated carbocycles. The van der Waals surface area contributed by atoms with Gasteiger partial charge in [0.25, 0.3) is 0 Å². The number of hydrogen-bond donors (Lipinski definition) is 1. The number of nitrogens with one attached hydrogen (secondary N) is 1. The van der Waals surface area contributed by atoms with Gasteiger partial charge in [0.2, 0.25) is 0 Å². The predicted molar refractivity (Wildman–Crippen MR) is 103 cm³/mol. The molecule has 2 aromatic carbocycles. The first kappa shape index (κ1) is 17.1. The standard InChI is InChI=1S/C21H22N4O2/c1-24(14-16-12-23-25(15-16)18-8-3-2-4-9-18)21(26)22-13-19-11-17-7-5-6-10-20(17)27-19/h2-10,12,15,19H,11,13-14H2,1H3,(H,22,26)/t19-/m0/s1. The summed E-state index contributed by atoms with van der Waals surface area (Å²) in [6, 6.07) is 17.8. The zero-order valence-electron chi connectivity index (χ0n) is 15.2. The van der Waals surface area contributed by atoms with Gasteiger partial charge in [0, 0.05) is 25.2 Å². The maximum Gasteiger partial charge on any atom is 0.317 e. The molecule has 27 heavy (non-hydrogen) atoms. The third kappa shape index (κ3) is 3.95. The summed E-state index contributed by atoms with van der Waals surface area (Å²) >= 11 is 0. The van der Waals surface area contributed by atoms with Crippen molar-refractivity contribution in [2.45, 2.75) is 19.1 Å². The smallest absolute Gasteiger partial charge is 0.317 e. The number of urea groups is 1. The number of fused-ring (bicyclic) bond motifs is 1. The Morgan fingerprint density at radius 3 is 2.81 bits per heavy atom. The highest BCUT2D eigenvalue weighted by Crippen LogP contribution is 2.27. The largest absolute Gasteiger partial charge is 0.488 e. The molecule has 6 heteroatoms. The molecule has 1 atom stereocenters. The molecule has 1 aromatic heterocycles. The Kier molecular flexibility index (Phi) is 4.78. The first-order chi connectivity index (χ1) is 13.2. The van der Waals surface area contributed by atoms with Crippen molar-refractivity contribution in [1.82, 2.24) is 20.0 Å². The second-order valence-electron chi connectivity index (χ2n) is 6.72. The Balaban J connectivity index is 1.28. The number of aromatic nitrogens is 2. The third-order valence-corrected chi connectivity index (χ3v) is 4.62. The summed E-state index contributed by atoms with van der Waals surface area (Å²) in [5.41, 5.74) is 3.16. The molecule has 1 aliphatic heterocycles. The molecule has 0 saturated heterocycles. The highest BCUT2D eigenvalue weighted by atomic mass is 16.5. The van der Waals surface area contributed by atoms with Crippen LogP contribution in [0.3, 0.4) is 0 Å². The summed E-state index contributed by atoms with van der Waals surface area (Å²) in [4.78, 5) is 14.0. The molecule has 0 aliphatic carbocycles. The van der Waals surface area contributed by atoms with Crippen molar-refractivity contribution in [3.05, 3.63) is 78.1 Å². The number of amides is 2. The molecule has 1 N–H and O–H groups in total. The van der Waals surface area contributed by atoms with Gasteiger partial charge < -0.3 is 15.0 Å². The number of carbonyl (C=O) groups is 1. The highest BCUT2D eigenvalue weighted by molar-refractivity contribution is 5.73. The molecule has 2 heterocycles. The highest BCUT2D eigenvalue weighted by Gasteiger charge is 2.23. The Bertz CT molecular complexity index is 898. The SMILES string of the molecule is CN(Cc1cnn(-c2ccccc2)c1)C(=O)NC[C@@H]1Cc2ccccc2O1. The van der Waals surface area contributed by atoms with E-state index in [1.165, 1.54) is 5.56 Å². The fourth-order valence-corrected chi connectivity index (χ4v) is 3.21. The average molecular weight is 362 g/mol. The number of benzene rings is 2. The number of hydrogen-bond acceptors (Lipinski definition) is 3. The van der Waals surface area contributed by atoms with E-state index in [0.29, 0.717) is 13.1 Å². The van der Waals surface area contributed by atoms with E-state index in [1.807, 2.05) is 59.4 Å². The van der Waals surface area contributed by atoms with E-state index in [2.05, 4.69) is 16.5 Å². The van der Waals surface area contributed by atoms with Crippen molar-refractivity contribution < 1.29 is 9.53 Å². The summed E-state index contributed by atoms with van der Waals surface area (Å²) in [5.74, 6) is 0.915. The van der Waals surface area contributed by atoms with Gasteiger partial charge in [-0.05, 0) is 23.8 Å². The van der Waals surface area contributed by atoms with E-state index in [0.717, 1.165) is 23.4 Å². The minimum Gasteiger partial charge on any atom is -0.488 e. The first-order valence-electron chi connectivity index (χ1n) is 9.01. The molecule has 3 aromatic rings. The van der Waals surface area contributed by atoms with Crippen LogP contribution < -0.4 is 10.1 Å². The van der Waals surface area contributed by atoms with Crippen molar-refractivity contribution in [2.75, 3.05) is 13.6 Å². The second kappa shape index (κ2) is 7.53. The lowest BCUT2D eigenvalue weighted by Crippen LogP contribution is -2.41. The van der Waals surface area contributed by atoms with E-state index >= 15 is 0 Å². The minimum absolute atomic E-state index is 0.0134. The molecule has 6 nitrogen and oxygen atoms in total. The lowest BCUT2D eigenvalue weighted by molar-refractivity contribution is 0.191. The summed E-state index contributed by atoms with van der Waals surface area (Å²) in [5, 5.41) is 7.32. The van der Waals surface area contributed by atoms with Gasteiger partial charge in [0.15, 0.2) is 0 Å². The van der Waals surface area contributed by atoms with Crippen molar-refractivity contribution in [2.24, 2.45) is 0 Å². The maximum atomic E-state index is 12.4. The van der Waals surface area contributed by atoms with Crippen molar-refractivity contribution in [1.29, 1.82) is 0 Å². The number of para-hydroxylation sites is 2. The van der Waals surface area contributed by atoms with Gasteiger partial charge in [-0.2, -0.15) is 5.10 Å². The van der Waals surface area contributed by atoms with Crippen LogP contribution >= 0.6 is 0 Å². The van der Waals surface area contributed by atoms with E-state index < -0.39 is 0 Å². The summed E-state index contributed by atoms with van der Waals surface area (Å²) in [6.45, 7) is 0.978. The molecule has 1 aliphatic rings. The molecule has 2 amide bonds. The monoisotopic (exact) mass is 362 g/mol. The average Bonchev–Trinajstić information content (AvgIpc) is 3.33. The number of nitrogens with zero attached hydrogens (tertiary/aromatic N) is 3. The third-order valence-electron chi connectivity index (χ3n) is 4.62. The molecular weight excluding hydrogens is 340 g/mol. The van der Waals surface area contributed by atoms with Crippen LogP contribution in [0.15, 0.2) is 67.0 Å². The van der Waals surface area contributed by atoms with Crippen LogP contribution in [0.5, 0.6) is 5.75 Å². The fourth-order valence-electron chi connectivity index (χ4n) is 3.21. The van der Waals surface area contributed by atoms with Gasteiger partial charge in [-0.25, -0.2) is 9.48 Å². The van der Waals surface area contributed by atoms with Crippen LogP contribution in [0.4, 0.5) is 4.79 Å². The number of rotatable bonds is 5. The van der Waals surface area contributed by atoms with E-state index in [1.54, 1.807) is 18.1 Å². The maximum absolute atomic E-state index is 12.4. The molecule has 138 valence electrons. The minimum atomic E-state index is -0.123. The lowest BCUT2D eigenvalue weighted by atomic mass is 10.1. The molecule has 0 radical (unpaired) electrons. The Morgan fingerprint density at radius 2 is 2.00 bits per heavy atom. The topological polar surface area (TPSA) is 59.4 Å². The van der Waals surface area contributed by atoms with Crippen LogP contribution in [0.2, 0.25) is 0 Å². The zero-order chi connectivity index (χ0) is 18.6. The molecule has 0 bridgehead atoms. The van der Waals surface area contributed by atoms with Crippen molar-refractivity contribution >= 4 is 6.03 Å². The number of ether oxygens (including phenoxy) is 1. The molecular formula is C21H22N4O2. The van der Waals surface area contributed by atoms with Crippen LogP contribution in [-0.2, 0) is 13.0 Å². The van der Waals surface area contributed by atoms with Crippen LogP contribution in [-0.4, -0.2) is 40.4 Å². The predicted octanol–water partition coefficient (Wildman–Crippen LogP) is 3.02. The quantitative estimate of drug-likeness (QED) is 0.759. The summed E-state index contributed by atoms with van der Waals surface area (Å²) in [6.07, 6.45) is 4.54. The van der Waals surface area contributed by atoms with E-state index in [-0.39, 0.29) is 12.1 Å². The number of carbonyl (C=O) groups excluding carboxylic acids is 1. The Hall–Kier alpha value is -3.28. The Morgan fingerprint density at radius 1 is 1.22 bits per heavy atom. The molecule has 4 rings (SSSR count). The molecule has 0 fully saturated rings. The van der Waals surface area contributed by atoms with Gasteiger partial charge in [0.05, 0.1) is 25.0 Å². The normalized spacial score (nSPS) is 15.1. The van der Waals surface area contributed by atoms with Crippen LogP contribution in [0.1, 0.15) is 11.1 Å². The van der Waals surface area contributed by atoms with Gasteiger partial charge in [0.1, 0.15) is 11.9 Å². The fraction of sp³-hybridized carbons (Fsp3) is 0.238. The van der Waals surface area contributed by atoms with Gasteiger partial charge >= 0.3 is 6.03 Å². The van der Waals surface area contributed by atoms with Crippen molar-refractivity contribution in [3.63, 3.8) is 0 Å². The van der Waals surface area contributed by atoms with Gasteiger partial charge in [-0.3, -0.25) is 0 Å². The van der Waals surface area contributed by atoms with Gasteiger partial charge in [-0.15, -0.1) is 0 Å². The van der Waals surface area contributed by atoms with Gasteiger partial charge in [-0.1, -0.05) is 36.4 Å². The molecule has 0 spiro atoms. The summed E-state index contributed by atoms with van der Waals surface area (Å²) < 4.78 is 7.67. The van der Waals surface area contributed by atoms with E-state index in [9.17, 15) is 4.79 Å². The first-order valence-corrected chi connectivity index (χ1v) is 9.01. The molecule has 0 unspecified atom stereocenters. The Labute approximate surface area is 158 Å². The zero-order valence-corrected chi connectivity index (χ0v) is 15.2. The second-order valence-corrected chi connectivity index (χ2v) is 6.72. The van der Waals surface area contributed by atoms with Crippen LogP contribution in [0.25, 0.3) is 5.69 Å². The van der Waals surface area contributed by atoms with Crippen LogP contribution in [0, 0.1) is 0 Å². The lowest BCUT2D eigenvalue weighted by Gasteiger charge is -2.19. The van der Waals surface area contributed by atoms with E-state index in [4.69, 9.17) is 4.74 Å². The van der Waals surface area contributed by atoms with Crippen molar-refractivity contribution in [3.8, 4) is 11.4 Å². The summed E-state index contributed by atoms with van der Waals surface area (Å²) in [7, 11) is 1.78.